The molecule has 1 aromatic carbocycles. The van der Waals surface area contributed by atoms with Crippen LogP contribution in [0.15, 0.2) is 41.5 Å². The van der Waals surface area contributed by atoms with Crippen LogP contribution in [0.1, 0.15) is 61.8 Å². The van der Waals surface area contributed by atoms with Crippen molar-refractivity contribution in [2.75, 3.05) is 13.1 Å². The lowest BCUT2D eigenvalue weighted by Crippen LogP contribution is -2.40. The lowest BCUT2D eigenvalue weighted by molar-refractivity contribution is -0.132. The number of amides is 1. The number of aromatic nitrogens is 4. The number of hydrogen-bond acceptors (Lipinski definition) is 5. The first kappa shape index (κ1) is 21.9. The second-order valence-corrected chi connectivity index (χ2v) is 8.71. The van der Waals surface area contributed by atoms with Gasteiger partial charge in [0, 0.05) is 44.1 Å². The monoisotopic (exact) mass is 435 g/mol. The normalized spacial score (nSPS) is 14.9. The van der Waals surface area contributed by atoms with Gasteiger partial charge in [-0.1, -0.05) is 12.1 Å². The van der Waals surface area contributed by atoms with Crippen molar-refractivity contribution < 1.29 is 9.59 Å². The minimum absolute atomic E-state index is 0.0595. The van der Waals surface area contributed by atoms with Crippen LogP contribution in [0, 0.1) is 5.92 Å². The largest absolute Gasteiger partial charge is 0.343 e. The minimum Gasteiger partial charge on any atom is -0.343 e. The van der Waals surface area contributed by atoms with Gasteiger partial charge in [-0.3, -0.25) is 19.1 Å². The average Bonchev–Trinajstić information content (AvgIpc) is 3.29. The molecule has 0 atom stereocenters. The van der Waals surface area contributed by atoms with Crippen molar-refractivity contribution in [1.29, 1.82) is 0 Å². The van der Waals surface area contributed by atoms with Crippen molar-refractivity contribution in [1.82, 2.24) is 24.6 Å². The van der Waals surface area contributed by atoms with Crippen LogP contribution in [0.25, 0.3) is 10.9 Å². The minimum atomic E-state index is -0.150. The molecule has 0 spiro atoms. The maximum absolute atomic E-state index is 12.8. The Morgan fingerprint density at radius 2 is 1.94 bits per heavy atom. The molecule has 3 aromatic rings. The molecule has 32 heavy (non-hydrogen) atoms. The summed E-state index contributed by atoms with van der Waals surface area (Å²) in [4.78, 5) is 46.7. The number of piperidine rings is 1. The molecule has 0 saturated carbocycles. The summed E-state index contributed by atoms with van der Waals surface area (Å²) in [7, 11) is 0. The molecule has 168 valence electrons. The molecule has 4 rings (SSSR count). The maximum Gasteiger partial charge on any atom is 0.258 e. The van der Waals surface area contributed by atoms with E-state index in [4.69, 9.17) is 0 Å². The summed E-state index contributed by atoms with van der Waals surface area (Å²) >= 11 is 0. The van der Waals surface area contributed by atoms with E-state index >= 15 is 0 Å². The first-order valence-corrected chi connectivity index (χ1v) is 11.3. The zero-order valence-electron chi connectivity index (χ0n) is 18.6. The first-order valence-electron chi connectivity index (χ1n) is 11.3. The molecule has 1 aliphatic heterocycles. The van der Waals surface area contributed by atoms with Crippen molar-refractivity contribution in [2.24, 2.45) is 5.92 Å². The van der Waals surface area contributed by atoms with Crippen molar-refractivity contribution in [3.63, 3.8) is 0 Å². The molecule has 1 fully saturated rings. The van der Waals surface area contributed by atoms with Gasteiger partial charge in [-0.05, 0) is 45.2 Å². The van der Waals surface area contributed by atoms with E-state index in [1.165, 1.54) is 0 Å². The van der Waals surface area contributed by atoms with Crippen LogP contribution < -0.4 is 5.56 Å². The van der Waals surface area contributed by atoms with E-state index in [2.05, 4.69) is 15.1 Å². The van der Waals surface area contributed by atoms with E-state index in [-0.39, 0.29) is 29.2 Å². The third-order valence-electron chi connectivity index (χ3n) is 6.10. The zero-order valence-corrected chi connectivity index (χ0v) is 18.6. The Hall–Kier alpha value is -3.29. The molecule has 0 bridgehead atoms. The van der Waals surface area contributed by atoms with Crippen LogP contribution in [0.5, 0.6) is 0 Å². The highest BCUT2D eigenvalue weighted by Crippen LogP contribution is 2.23. The number of nitrogens with zero attached hydrogens (tertiary/aromatic N) is 4. The van der Waals surface area contributed by atoms with E-state index < -0.39 is 0 Å². The highest BCUT2D eigenvalue weighted by Gasteiger charge is 2.28. The third kappa shape index (κ3) is 4.79. The number of benzene rings is 1. The van der Waals surface area contributed by atoms with Gasteiger partial charge in [-0.25, -0.2) is 4.98 Å². The Kier molecular flexibility index (Phi) is 6.48. The quantitative estimate of drug-likeness (QED) is 0.575. The van der Waals surface area contributed by atoms with Crippen LogP contribution in [-0.4, -0.2) is 49.4 Å². The standard InChI is InChI=1S/C24H29N5O3/c1-16(2)29-15-18(14-25-29)23(31)17-10-12-28(13-11-17)22(30)9-5-8-21-26-20-7-4-3-6-19(20)24(32)27-21/h3-4,6-7,14-17H,5,8-13H2,1-2H3,(H,26,27,32). The molecule has 0 unspecified atom stereocenters. The molecular formula is C24H29N5O3. The SMILES string of the molecule is CC(C)n1cc(C(=O)C2CCN(C(=O)CCCc3nc4ccccc4c(=O)[nH]3)CC2)cn1. The fourth-order valence-corrected chi connectivity index (χ4v) is 4.19. The van der Waals surface area contributed by atoms with Gasteiger partial charge in [0.25, 0.3) is 5.56 Å². The molecule has 1 aliphatic rings. The van der Waals surface area contributed by atoms with Crippen LogP contribution in [0.4, 0.5) is 0 Å². The van der Waals surface area contributed by atoms with E-state index in [0.29, 0.717) is 67.5 Å². The number of likely N-dealkylation sites (tertiary alicyclic amines) is 1. The number of para-hydroxylation sites is 1. The fourth-order valence-electron chi connectivity index (χ4n) is 4.19. The van der Waals surface area contributed by atoms with E-state index in [1.54, 1.807) is 16.9 Å². The number of H-pyrrole nitrogens is 1. The second kappa shape index (κ2) is 9.46. The maximum atomic E-state index is 12.8. The van der Waals surface area contributed by atoms with Crippen molar-refractivity contribution in [3.05, 3.63) is 58.4 Å². The number of carbonyl (C=O) groups excluding carboxylic acids is 2. The number of rotatable bonds is 7. The summed E-state index contributed by atoms with van der Waals surface area (Å²) < 4.78 is 1.80. The number of aromatic amines is 1. The lowest BCUT2D eigenvalue weighted by atomic mass is 9.90. The van der Waals surface area contributed by atoms with Crippen molar-refractivity contribution >= 4 is 22.6 Å². The molecule has 8 nitrogen and oxygen atoms in total. The smallest absolute Gasteiger partial charge is 0.258 e. The Labute approximate surface area is 186 Å². The predicted octanol–water partition coefficient (Wildman–Crippen LogP) is 3.14. The summed E-state index contributed by atoms with van der Waals surface area (Å²) in [6.45, 7) is 5.25. The number of carbonyl (C=O) groups is 2. The summed E-state index contributed by atoms with van der Waals surface area (Å²) in [6.07, 6.45) is 6.37. The van der Waals surface area contributed by atoms with E-state index in [9.17, 15) is 14.4 Å². The molecule has 0 aliphatic carbocycles. The van der Waals surface area contributed by atoms with Crippen LogP contribution in [-0.2, 0) is 11.2 Å². The molecular weight excluding hydrogens is 406 g/mol. The van der Waals surface area contributed by atoms with Gasteiger partial charge >= 0.3 is 0 Å². The van der Waals surface area contributed by atoms with Gasteiger partial charge in [0.1, 0.15) is 5.82 Å². The average molecular weight is 436 g/mol. The first-order chi connectivity index (χ1) is 15.4. The molecule has 1 saturated heterocycles. The van der Waals surface area contributed by atoms with Gasteiger partial charge in [0.15, 0.2) is 5.78 Å². The van der Waals surface area contributed by atoms with Crippen molar-refractivity contribution in [3.8, 4) is 0 Å². The number of fused-ring (bicyclic) bond motifs is 1. The molecule has 3 heterocycles. The summed E-state index contributed by atoms with van der Waals surface area (Å²) in [5, 5.41) is 4.83. The van der Waals surface area contributed by atoms with Crippen molar-refractivity contribution in [2.45, 2.75) is 52.0 Å². The van der Waals surface area contributed by atoms with Gasteiger partial charge < -0.3 is 9.88 Å². The van der Waals surface area contributed by atoms with E-state index in [1.807, 2.05) is 43.1 Å². The Balaban J connectivity index is 1.26. The molecule has 8 heteroatoms. The van der Waals surface area contributed by atoms with Crippen LogP contribution in [0.3, 0.4) is 0 Å². The van der Waals surface area contributed by atoms with Crippen LogP contribution >= 0.6 is 0 Å². The predicted molar refractivity (Wildman–Crippen MR) is 122 cm³/mol. The number of nitrogens with one attached hydrogen (secondary N) is 1. The second-order valence-electron chi connectivity index (χ2n) is 8.71. The molecule has 1 amide bonds. The zero-order chi connectivity index (χ0) is 22.7. The Morgan fingerprint density at radius 1 is 1.19 bits per heavy atom. The molecule has 0 radical (unpaired) electrons. The Morgan fingerprint density at radius 3 is 2.66 bits per heavy atom. The third-order valence-corrected chi connectivity index (χ3v) is 6.10. The Bertz CT molecular complexity index is 1170. The number of Topliss-reactive ketones (excluding diaryl/α,β-unsaturated/α-hetero) is 1. The number of aryl methyl sites for hydroxylation is 1. The summed E-state index contributed by atoms with van der Waals surface area (Å²) in [6, 6.07) is 7.45. The highest BCUT2D eigenvalue weighted by molar-refractivity contribution is 5.97. The van der Waals surface area contributed by atoms with Gasteiger partial charge in [0.05, 0.1) is 22.7 Å². The summed E-state index contributed by atoms with van der Waals surface area (Å²) in [5.41, 5.74) is 1.17. The highest BCUT2D eigenvalue weighted by atomic mass is 16.2. The number of hydrogen-bond donors (Lipinski definition) is 1. The van der Waals surface area contributed by atoms with Crippen LogP contribution in [0.2, 0.25) is 0 Å². The van der Waals surface area contributed by atoms with Gasteiger partial charge in [-0.15, -0.1) is 0 Å². The van der Waals surface area contributed by atoms with E-state index in [0.717, 1.165) is 0 Å². The number of ketones is 1. The topological polar surface area (TPSA) is 101 Å². The fraction of sp³-hybridized carbons (Fsp3) is 0.458. The van der Waals surface area contributed by atoms with Gasteiger partial charge in [-0.2, -0.15) is 5.10 Å². The van der Waals surface area contributed by atoms with Gasteiger partial charge in [0.2, 0.25) is 5.91 Å². The lowest BCUT2D eigenvalue weighted by Gasteiger charge is -2.31. The molecule has 2 aromatic heterocycles. The summed E-state index contributed by atoms with van der Waals surface area (Å²) in [5.74, 6) is 0.755. The molecule has 1 N–H and O–H groups in total.